The molecule has 1 amide bonds. The van der Waals surface area contributed by atoms with Crippen LogP contribution in [0.15, 0.2) is 0 Å². The van der Waals surface area contributed by atoms with Gasteiger partial charge in [-0.25, -0.2) is 0 Å². The molecule has 0 spiro atoms. The van der Waals surface area contributed by atoms with Gasteiger partial charge in [0.15, 0.2) is 0 Å². The van der Waals surface area contributed by atoms with Gasteiger partial charge in [-0.2, -0.15) is 0 Å². The molecule has 4 nitrogen and oxygen atoms in total. The zero-order valence-corrected chi connectivity index (χ0v) is 10.8. The Morgan fingerprint density at radius 3 is 2.56 bits per heavy atom. The van der Waals surface area contributed by atoms with Gasteiger partial charge in [-0.05, 0) is 46.7 Å². The zero-order chi connectivity index (χ0) is 12.4. The van der Waals surface area contributed by atoms with Gasteiger partial charge in [-0.15, -0.1) is 0 Å². The third-order valence-electron chi connectivity index (χ3n) is 2.70. The van der Waals surface area contributed by atoms with Crippen LogP contribution in [0.3, 0.4) is 0 Å². The molecule has 0 aliphatic rings. The van der Waals surface area contributed by atoms with Gasteiger partial charge in [0.25, 0.3) is 0 Å². The van der Waals surface area contributed by atoms with Crippen molar-refractivity contribution >= 4 is 5.91 Å². The van der Waals surface area contributed by atoms with Crippen LogP contribution < -0.4 is 5.32 Å². The summed E-state index contributed by atoms with van der Waals surface area (Å²) in [5.41, 5.74) is 0. The molecule has 0 aliphatic heterocycles. The fraction of sp³-hybridized carbons (Fsp3) is 0.917. The summed E-state index contributed by atoms with van der Waals surface area (Å²) in [7, 11) is 2.09. The molecular formula is C12H26N2O2. The predicted molar refractivity (Wildman–Crippen MR) is 66.3 cm³/mol. The van der Waals surface area contributed by atoms with Gasteiger partial charge in [-0.3, -0.25) is 4.79 Å². The first-order valence-corrected chi connectivity index (χ1v) is 6.15. The fourth-order valence-corrected chi connectivity index (χ4v) is 1.30. The Hall–Kier alpha value is -0.610. The molecule has 0 saturated heterocycles. The Balaban J connectivity index is 3.34. The Morgan fingerprint density at radius 1 is 1.31 bits per heavy atom. The van der Waals surface area contributed by atoms with Gasteiger partial charge in [0, 0.05) is 25.6 Å². The molecule has 0 aromatic rings. The summed E-state index contributed by atoms with van der Waals surface area (Å²) >= 11 is 0. The molecule has 0 saturated carbocycles. The summed E-state index contributed by atoms with van der Waals surface area (Å²) in [4.78, 5) is 13.6. The lowest BCUT2D eigenvalue weighted by molar-refractivity contribution is -0.121. The van der Waals surface area contributed by atoms with E-state index < -0.39 is 0 Å². The molecule has 0 radical (unpaired) electrons. The van der Waals surface area contributed by atoms with E-state index in [0.717, 1.165) is 25.9 Å². The molecule has 0 fully saturated rings. The van der Waals surface area contributed by atoms with Crippen LogP contribution in [0.2, 0.25) is 0 Å². The number of amides is 1. The third-order valence-corrected chi connectivity index (χ3v) is 2.70. The summed E-state index contributed by atoms with van der Waals surface area (Å²) in [6.07, 6.45) is 3.00. The molecule has 0 atom stereocenters. The summed E-state index contributed by atoms with van der Waals surface area (Å²) < 4.78 is 0. The predicted octanol–water partition coefficient (Wildman–Crippen LogP) is 0.995. The molecule has 0 unspecified atom stereocenters. The van der Waals surface area contributed by atoms with Crippen LogP contribution in [0.5, 0.6) is 0 Å². The van der Waals surface area contributed by atoms with Crippen LogP contribution in [-0.2, 0) is 4.79 Å². The normalized spacial score (nSPS) is 11.1. The van der Waals surface area contributed by atoms with Crippen molar-refractivity contribution in [1.29, 1.82) is 0 Å². The van der Waals surface area contributed by atoms with E-state index in [-0.39, 0.29) is 12.5 Å². The first kappa shape index (κ1) is 15.4. The maximum absolute atomic E-state index is 11.3. The number of aliphatic hydroxyl groups excluding tert-OH is 1. The zero-order valence-electron chi connectivity index (χ0n) is 10.8. The average Bonchev–Trinajstić information content (AvgIpc) is 2.24. The Bertz CT molecular complexity index is 184. The Kier molecular flexibility index (Phi) is 9.24. The maximum Gasteiger partial charge on any atom is 0.219 e. The minimum atomic E-state index is 0.0978. The van der Waals surface area contributed by atoms with Crippen molar-refractivity contribution in [2.24, 2.45) is 0 Å². The summed E-state index contributed by atoms with van der Waals surface area (Å²) in [6, 6.07) is 0.556. The highest BCUT2D eigenvalue weighted by Crippen LogP contribution is 1.96. The first-order chi connectivity index (χ1) is 7.57. The van der Waals surface area contributed by atoms with Crippen molar-refractivity contribution in [2.75, 3.05) is 26.7 Å². The van der Waals surface area contributed by atoms with E-state index in [2.05, 4.69) is 31.1 Å². The monoisotopic (exact) mass is 230 g/mol. The largest absolute Gasteiger partial charge is 0.396 e. The number of hydrogen-bond acceptors (Lipinski definition) is 3. The molecule has 0 bridgehead atoms. The first-order valence-electron chi connectivity index (χ1n) is 6.15. The fourth-order valence-electron chi connectivity index (χ4n) is 1.30. The van der Waals surface area contributed by atoms with E-state index in [1.165, 1.54) is 0 Å². The van der Waals surface area contributed by atoms with Gasteiger partial charge in [0.05, 0.1) is 0 Å². The van der Waals surface area contributed by atoms with Crippen molar-refractivity contribution in [3.05, 3.63) is 0 Å². The van der Waals surface area contributed by atoms with E-state index in [0.29, 0.717) is 18.9 Å². The van der Waals surface area contributed by atoms with Crippen LogP contribution in [0.4, 0.5) is 0 Å². The topological polar surface area (TPSA) is 52.6 Å². The van der Waals surface area contributed by atoms with E-state index in [4.69, 9.17) is 5.11 Å². The minimum absolute atomic E-state index is 0.0978. The van der Waals surface area contributed by atoms with Crippen LogP contribution in [0.1, 0.15) is 39.5 Å². The SMILES string of the molecule is CC(C)N(C)CCCNC(=O)CCCCO. The minimum Gasteiger partial charge on any atom is -0.396 e. The summed E-state index contributed by atoms with van der Waals surface area (Å²) in [5.74, 6) is 0.0978. The number of carbonyl (C=O) groups is 1. The standard InChI is InChI=1S/C12H26N2O2/c1-11(2)14(3)9-6-8-13-12(16)7-4-5-10-15/h11,15H,4-10H2,1-3H3,(H,13,16). The van der Waals surface area contributed by atoms with Crippen molar-refractivity contribution in [2.45, 2.75) is 45.6 Å². The van der Waals surface area contributed by atoms with Crippen molar-refractivity contribution in [3.63, 3.8) is 0 Å². The van der Waals surface area contributed by atoms with Gasteiger partial charge in [0.1, 0.15) is 0 Å². The molecule has 4 heteroatoms. The summed E-state index contributed by atoms with van der Waals surface area (Å²) in [6.45, 7) is 6.25. The lowest BCUT2D eigenvalue weighted by Crippen LogP contribution is -2.31. The maximum atomic E-state index is 11.3. The van der Waals surface area contributed by atoms with Gasteiger partial charge >= 0.3 is 0 Å². The molecule has 2 N–H and O–H groups in total. The van der Waals surface area contributed by atoms with Crippen molar-refractivity contribution in [1.82, 2.24) is 10.2 Å². The van der Waals surface area contributed by atoms with Crippen LogP contribution in [0, 0.1) is 0 Å². The Labute approximate surface area is 99.0 Å². The molecule has 0 heterocycles. The van der Waals surface area contributed by atoms with Crippen molar-refractivity contribution in [3.8, 4) is 0 Å². The second kappa shape index (κ2) is 9.60. The number of aliphatic hydroxyl groups is 1. The molecule has 0 rings (SSSR count). The van der Waals surface area contributed by atoms with E-state index >= 15 is 0 Å². The molecular weight excluding hydrogens is 204 g/mol. The molecule has 16 heavy (non-hydrogen) atoms. The molecule has 0 aliphatic carbocycles. The third kappa shape index (κ3) is 8.68. The van der Waals surface area contributed by atoms with Crippen molar-refractivity contribution < 1.29 is 9.90 Å². The molecule has 0 aromatic carbocycles. The Morgan fingerprint density at radius 2 is 2.00 bits per heavy atom. The number of hydrogen-bond donors (Lipinski definition) is 2. The quantitative estimate of drug-likeness (QED) is 0.581. The number of nitrogens with one attached hydrogen (secondary N) is 1. The second-order valence-electron chi connectivity index (χ2n) is 4.46. The molecule has 96 valence electrons. The van der Waals surface area contributed by atoms with E-state index in [1.54, 1.807) is 0 Å². The summed E-state index contributed by atoms with van der Waals surface area (Å²) in [5, 5.41) is 11.5. The number of rotatable bonds is 9. The van der Waals surface area contributed by atoms with Crippen LogP contribution >= 0.6 is 0 Å². The lowest BCUT2D eigenvalue weighted by Gasteiger charge is -2.20. The lowest BCUT2D eigenvalue weighted by atomic mass is 10.2. The van der Waals surface area contributed by atoms with E-state index in [1.807, 2.05) is 0 Å². The number of unbranched alkanes of at least 4 members (excludes halogenated alkanes) is 1. The number of nitrogens with zero attached hydrogens (tertiary/aromatic N) is 1. The van der Waals surface area contributed by atoms with Gasteiger partial charge < -0.3 is 15.3 Å². The highest BCUT2D eigenvalue weighted by Gasteiger charge is 2.03. The number of carbonyl (C=O) groups excluding carboxylic acids is 1. The van der Waals surface area contributed by atoms with Gasteiger partial charge in [-0.1, -0.05) is 0 Å². The van der Waals surface area contributed by atoms with Crippen LogP contribution in [0.25, 0.3) is 0 Å². The second-order valence-corrected chi connectivity index (χ2v) is 4.46. The van der Waals surface area contributed by atoms with E-state index in [9.17, 15) is 4.79 Å². The smallest absolute Gasteiger partial charge is 0.219 e. The van der Waals surface area contributed by atoms with Crippen LogP contribution in [-0.4, -0.2) is 48.7 Å². The highest BCUT2D eigenvalue weighted by molar-refractivity contribution is 5.75. The average molecular weight is 230 g/mol. The highest BCUT2D eigenvalue weighted by atomic mass is 16.2. The molecule has 0 aromatic heterocycles. The van der Waals surface area contributed by atoms with Gasteiger partial charge in [0.2, 0.25) is 5.91 Å².